The fourth-order valence-corrected chi connectivity index (χ4v) is 5.39. The fraction of sp³-hybridized carbons (Fsp3) is 0.600. The first kappa shape index (κ1) is 23.7. The Morgan fingerprint density at radius 1 is 1.11 bits per heavy atom. The van der Waals surface area contributed by atoms with Crippen LogP contribution in [0.4, 0.5) is 20.3 Å². The molecule has 1 saturated heterocycles. The molecule has 1 N–H and O–H groups in total. The standard InChI is InChI=1S/C25H33F2N7O/c1-16(2)17-6-8-18(9-7-17)34-15-20(22(31-34)23(26)27)29-25(35)19-14-28-33-13-10-21(30-24(19)33)32-11-4-3-5-12-32/h10,13-18,23H,3-9,11-12H2,1-2H3,(H,29,35)/t17-,18-. The number of anilines is 2. The number of carbonyl (C=O) groups excluding carboxylic acids is 1. The average molecular weight is 486 g/mol. The maximum Gasteiger partial charge on any atom is 0.284 e. The summed E-state index contributed by atoms with van der Waals surface area (Å²) in [5.74, 6) is 1.56. The Hall–Kier alpha value is -3.04. The van der Waals surface area contributed by atoms with E-state index in [4.69, 9.17) is 0 Å². The molecule has 1 aliphatic carbocycles. The Kier molecular flexibility index (Phi) is 6.71. The van der Waals surface area contributed by atoms with Gasteiger partial charge in [0.1, 0.15) is 11.4 Å². The SMILES string of the molecule is CC(C)[C@H]1CC[C@H](n2cc(NC(=O)c3cnn4ccc(N5CCCCC5)nc34)c(C(F)F)n2)CC1. The van der Waals surface area contributed by atoms with Crippen LogP contribution in [0.2, 0.25) is 0 Å². The predicted octanol–water partition coefficient (Wildman–Crippen LogP) is 5.49. The molecular formula is C25H33F2N7O. The van der Waals surface area contributed by atoms with Crippen molar-refractivity contribution in [1.82, 2.24) is 24.4 Å². The molecule has 35 heavy (non-hydrogen) atoms. The van der Waals surface area contributed by atoms with Crippen molar-refractivity contribution in [2.24, 2.45) is 11.8 Å². The Morgan fingerprint density at radius 2 is 1.86 bits per heavy atom. The molecule has 3 aromatic heterocycles. The van der Waals surface area contributed by atoms with E-state index in [1.165, 1.54) is 17.1 Å². The Bertz CT molecular complexity index is 1170. The van der Waals surface area contributed by atoms with Gasteiger partial charge in [-0.25, -0.2) is 18.3 Å². The Morgan fingerprint density at radius 3 is 2.54 bits per heavy atom. The van der Waals surface area contributed by atoms with Gasteiger partial charge >= 0.3 is 0 Å². The van der Waals surface area contributed by atoms with Crippen LogP contribution in [0, 0.1) is 11.8 Å². The summed E-state index contributed by atoms with van der Waals surface area (Å²) in [6.07, 6.45) is 9.31. The largest absolute Gasteiger partial charge is 0.357 e. The van der Waals surface area contributed by atoms with Crippen molar-refractivity contribution in [3.63, 3.8) is 0 Å². The molecule has 0 spiro atoms. The number of halogens is 2. The number of rotatable bonds is 6. The van der Waals surface area contributed by atoms with Crippen LogP contribution in [0.5, 0.6) is 0 Å². The van der Waals surface area contributed by atoms with Crippen molar-refractivity contribution in [1.29, 1.82) is 0 Å². The monoisotopic (exact) mass is 485 g/mol. The molecule has 1 saturated carbocycles. The van der Waals surface area contributed by atoms with Crippen molar-refractivity contribution in [3.05, 3.63) is 35.9 Å². The van der Waals surface area contributed by atoms with Gasteiger partial charge in [0, 0.05) is 25.5 Å². The van der Waals surface area contributed by atoms with Crippen molar-refractivity contribution >= 4 is 23.1 Å². The van der Waals surface area contributed by atoms with E-state index in [-0.39, 0.29) is 17.3 Å². The molecule has 0 radical (unpaired) electrons. The number of nitrogens with one attached hydrogen (secondary N) is 1. The highest BCUT2D eigenvalue weighted by atomic mass is 19.3. The number of nitrogens with zero attached hydrogens (tertiary/aromatic N) is 6. The van der Waals surface area contributed by atoms with Crippen molar-refractivity contribution in [2.45, 2.75) is 71.3 Å². The van der Waals surface area contributed by atoms with Crippen LogP contribution in [0.3, 0.4) is 0 Å². The van der Waals surface area contributed by atoms with Crippen LogP contribution in [0.25, 0.3) is 5.65 Å². The lowest BCUT2D eigenvalue weighted by Crippen LogP contribution is -2.30. The van der Waals surface area contributed by atoms with Crippen LogP contribution < -0.4 is 10.2 Å². The predicted molar refractivity (Wildman–Crippen MR) is 130 cm³/mol. The van der Waals surface area contributed by atoms with Gasteiger partial charge in [0.05, 0.1) is 17.9 Å². The first-order valence-electron chi connectivity index (χ1n) is 12.7. The van der Waals surface area contributed by atoms with Gasteiger partial charge < -0.3 is 10.2 Å². The van der Waals surface area contributed by atoms with E-state index in [0.29, 0.717) is 17.5 Å². The van der Waals surface area contributed by atoms with Gasteiger partial charge in [-0.15, -0.1) is 0 Å². The van der Waals surface area contributed by atoms with E-state index in [1.807, 2.05) is 6.07 Å². The van der Waals surface area contributed by atoms with Crippen LogP contribution in [0.1, 0.15) is 87.3 Å². The number of hydrogen-bond acceptors (Lipinski definition) is 5. The minimum atomic E-state index is -2.79. The summed E-state index contributed by atoms with van der Waals surface area (Å²) in [5, 5.41) is 11.1. The van der Waals surface area contributed by atoms with Gasteiger partial charge in [-0.3, -0.25) is 9.48 Å². The molecule has 10 heteroatoms. The van der Waals surface area contributed by atoms with Gasteiger partial charge in [0.15, 0.2) is 11.3 Å². The summed E-state index contributed by atoms with van der Waals surface area (Å²) in [6.45, 7) is 6.31. The van der Waals surface area contributed by atoms with Gasteiger partial charge in [-0.05, 0) is 62.8 Å². The molecular weight excluding hydrogens is 452 g/mol. The van der Waals surface area contributed by atoms with Crippen LogP contribution >= 0.6 is 0 Å². The van der Waals surface area contributed by atoms with E-state index in [0.717, 1.165) is 57.4 Å². The minimum Gasteiger partial charge on any atom is -0.357 e. The summed E-state index contributed by atoms with van der Waals surface area (Å²) in [4.78, 5) is 20.0. The van der Waals surface area contributed by atoms with Gasteiger partial charge in [-0.1, -0.05) is 13.8 Å². The molecule has 0 atom stereocenters. The van der Waals surface area contributed by atoms with Crippen LogP contribution in [-0.4, -0.2) is 43.4 Å². The Balaban J connectivity index is 1.36. The van der Waals surface area contributed by atoms with E-state index in [9.17, 15) is 13.6 Å². The second-order valence-corrected chi connectivity index (χ2v) is 10.1. The third kappa shape index (κ3) is 4.88. The Labute approximate surface area is 203 Å². The molecule has 4 heterocycles. The van der Waals surface area contributed by atoms with Crippen molar-refractivity contribution in [2.75, 3.05) is 23.3 Å². The first-order valence-corrected chi connectivity index (χ1v) is 12.7. The second kappa shape index (κ2) is 9.91. The summed E-state index contributed by atoms with van der Waals surface area (Å²) in [7, 11) is 0. The zero-order chi connectivity index (χ0) is 24.5. The highest BCUT2D eigenvalue weighted by molar-refractivity contribution is 6.08. The molecule has 0 aromatic carbocycles. The molecule has 5 rings (SSSR count). The number of aromatic nitrogens is 5. The highest BCUT2D eigenvalue weighted by Gasteiger charge is 2.28. The maximum atomic E-state index is 13.8. The van der Waals surface area contributed by atoms with E-state index in [1.54, 1.807) is 17.1 Å². The molecule has 0 bridgehead atoms. The normalized spacial score (nSPS) is 21.3. The highest BCUT2D eigenvalue weighted by Crippen LogP contribution is 2.37. The minimum absolute atomic E-state index is 0.0440. The quantitative estimate of drug-likeness (QED) is 0.499. The molecule has 8 nitrogen and oxygen atoms in total. The summed E-state index contributed by atoms with van der Waals surface area (Å²) in [5.41, 5.74) is 0.295. The second-order valence-electron chi connectivity index (χ2n) is 10.1. The van der Waals surface area contributed by atoms with Crippen molar-refractivity contribution < 1.29 is 13.6 Å². The molecule has 188 valence electrons. The molecule has 1 aliphatic heterocycles. The topological polar surface area (TPSA) is 80.4 Å². The third-order valence-corrected chi connectivity index (χ3v) is 7.55. The molecule has 3 aromatic rings. The number of piperidine rings is 1. The average Bonchev–Trinajstić information content (AvgIpc) is 3.49. The summed E-state index contributed by atoms with van der Waals surface area (Å²) in [6, 6.07) is 1.96. The zero-order valence-corrected chi connectivity index (χ0v) is 20.3. The number of hydrogen-bond donors (Lipinski definition) is 1. The fourth-order valence-electron chi connectivity index (χ4n) is 5.39. The lowest BCUT2D eigenvalue weighted by Gasteiger charge is -2.30. The molecule has 0 unspecified atom stereocenters. The molecule has 1 amide bonds. The number of fused-ring (bicyclic) bond motifs is 1. The lowest BCUT2D eigenvalue weighted by molar-refractivity contribution is 0.102. The lowest BCUT2D eigenvalue weighted by atomic mass is 9.80. The van der Waals surface area contributed by atoms with Gasteiger partial charge in [0.25, 0.3) is 12.3 Å². The number of alkyl halides is 2. The van der Waals surface area contributed by atoms with E-state index >= 15 is 0 Å². The number of carbonyl (C=O) groups is 1. The summed E-state index contributed by atoms with van der Waals surface area (Å²) < 4.78 is 30.8. The van der Waals surface area contributed by atoms with E-state index < -0.39 is 18.0 Å². The van der Waals surface area contributed by atoms with Gasteiger partial charge in [-0.2, -0.15) is 10.2 Å². The van der Waals surface area contributed by atoms with Gasteiger partial charge in [0.2, 0.25) is 0 Å². The smallest absolute Gasteiger partial charge is 0.284 e. The van der Waals surface area contributed by atoms with E-state index in [2.05, 4.69) is 39.2 Å². The number of amides is 1. The maximum absolute atomic E-state index is 13.8. The van der Waals surface area contributed by atoms with Crippen molar-refractivity contribution in [3.8, 4) is 0 Å². The molecule has 2 fully saturated rings. The molecule has 2 aliphatic rings. The first-order chi connectivity index (χ1) is 16.9. The third-order valence-electron chi connectivity index (χ3n) is 7.55. The van der Waals surface area contributed by atoms with Crippen LogP contribution in [0.15, 0.2) is 24.7 Å². The summed E-state index contributed by atoms with van der Waals surface area (Å²) >= 11 is 0. The van der Waals surface area contributed by atoms with Crippen LogP contribution in [-0.2, 0) is 0 Å². The zero-order valence-electron chi connectivity index (χ0n) is 20.3.